The first kappa shape index (κ1) is 48.5. The third-order valence-corrected chi connectivity index (χ3v) is 10.1. The SMILES string of the molecule is COCCOCCn1cc([C@@H](CC(=O)N[C@H](C(=O)N[C@@H](C)C(=O)Nc2ccc(COC(=O)C(C)(C)C)c(CC[C@@H]3OC[C@@H](O)[C@H](O)[C@H]3O)c2)C(C)C)N2C(=O)C=CC2=O)nn1. The molecular formula is C41H59N7O13. The molecule has 0 saturated carbocycles. The molecular weight excluding hydrogens is 798 g/mol. The summed E-state index contributed by atoms with van der Waals surface area (Å²) in [5.74, 6) is -4.07. The minimum Gasteiger partial charge on any atom is -0.460 e. The number of nitrogens with one attached hydrogen (secondary N) is 3. The van der Waals surface area contributed by atoms with Crippen LogP contribution < -0.4 is 16.0 Å². The molecule has 1 aromatic heterocycles. The fourth-order valence-electron chi connectivity index (χ4n) is 6.44. The molecule has 2 aliphatic heterocycles. The van der Waals surface area contributed by atoms with E-state index in [0.717, 1.165) is 17.1 Å². The van der Waals surface area contributed by atoms with Gasteiger partial charge in [0.05, 0.1) is 63.2 Å². The molecule has 1 aromatic carbocycles. The Bertz CT molecular complexity index is 1880. The lowest BCUT2D eigenvalue weighted by Crippen LogP contribution is -2.54. The van der Waals surface area contributed by atoms with Crippen molar-refractivity contribution in [2.24, 2.45) is 11.3 Å². The van der Waals surface area contributed by atoms with E-state index in [-0.39, 0.29) is 38.4 Å². The average Bonchev–Trinajstić information content (AvgIpc) is 3.81. The van der Waals surface area contributed by atoms with E-state index in [1.54, 1.807) is 59.9 Å². The Kier molecular flexibility index (Phi) is 17.6. The summed E-state index contributed by atoms with van der Waals surface area (Å²) in [6.07, 6.45) is -0.971. The summed E-state index contributed by atoms with van der Waals surface area (Å²) in [6.45, 7) is 11.2. The third-order valence-electron chi connectivity index (χ3n) is 10.1. The van der Waals surface area contributed by atoms with Crippen molar-refractivity contribution >= 4 is 41.2 Å². The number of imide groups is 1. The molecule has 0 aliphatic carbocycles. The Morgan fingerprint density at radius 1 is 0.951 bits per heavy atom. The lowest BCUT2D eigenvalue weighted by molar-refractivity contribution is -0.188. The van der Waals surface area contributed by atoms with Gasteiger partial charge in [-0.2, -0.15) is 0 Å². The lowest BCUT2D eigenvalue weighted by Gasteiger charge is -2.35. The summed E-state index contributed by atoms with van der Waals surface area (Å²) in [7, 11) is 1.55. The molecule has 0 unspecified atom stereocenters. The van der Waals surface area contributed by atoms with Gasteiger partial charge >= 0.3 is 5.97 Å². The van der Waals surface area contributed by atoms with Crippen molar-refractivity contribution in [3.8, 4) is 0 Å². The maximum atomic E-state index is 13.6. The molecule has 0 spiro atoms. The van der Waals surface area contributed by atoms with E-state index in [9.17, 15) is 44.1 Å². The highest BCUT2D eigenvalue weighted by Crippen LogP contribution is 2.27. The second-order valence-corrected chi connectivity index (χ2v) is 16.4. The number of carbonyl (C=O) groups excluding carboxylic acids is 6. The number of methoxy groups -OCH3 is 1. The highest BCUT2D eigenvalue weighted by atomic mass is 16.5. The number of rotatable bonds is 21. The first-order chi connectivity index (χ1) is 28.8. The zero-order chi connectivity index (χ0) is 45.0. The van der Waals surface area contributed by atoms with Crippen molar-refractivity contribution in [1.29, 1.82) is 0 Å². The predicted molar refractivity (Wildman–Crippen MR) is 216 cm³/mol. The van der Waals surface area contributed by atoms with Crippen LogP contribution in [0, 0.1) is 11.3 Å². The summed E-state index contributed by atoms with van der Waals surface area (Å²) in [4.78, 5) is 79.5. The molecule has 2 aromatic rings. The van der Waals surface area contributed by atoms with E-state index in [1.807, 2.05) is 0 Å². The number of aliphatic hydroxyl groups is 3. The van der Waals surface area contributed by atoms with Crippen LogP contribution in [0.5, 0.6) is 0 Å². The molecule has 20 heteroatoms. The normalized spacial score (nSPS) is 20.7. The van der Waals surface area contributed by atoms with Crippen molar-refractivity contribution in [3.63, 3.8) is 0 Å². The Balaban J connectivity index is 1.42. The van der Waals surface area contributed by atoms with Crippen molar-refractivity contribution in [2.75, 3.05) is 38.9 Å². The highest BCUT2D eigenvalue weighted by Gasteiger charge is 2.38. The first-order valence-electron chi connectivity index (χ1n) is 20.2. The Labute approximate surface area is 354 Å². The number of nitrogens with zero attached hydrogens (tertiary/aromatic N) is 4. The number of benzene rings is 1. The second-order valence-electron chi connectivity index (χ2n) is 16.4. The number of anilines is 1. The van der Waals surface area contributed by atoms with Crippen LogP contribution in [-0.2, 0) is 67.3 Å². The van der Waals surface area contributed by atoms with Gasteiger partial charge in [-0.3, -0.25) is 33.7 Å². The standard InChI is InChI=1S/C41H59N7O13/c1-23(2)35(44-32(50)19-29(48-33(51)12-13-34(48)52)28-20-47(46-45-28)14-15-59-17-16-58-7)39(56)42-24(3)38(55)43-27-10-8-26(21-61-40(57)41(4,5)6)25(18-27)9-11-31-37(54)36(53)30(49)22-60-31/h8,10,12-13,18,20,23-24,29-31,35-37,49,53-54H,9,11,14-17,19,21-22H2,1-7H3,(H,42,56)(H,43,55)(H,44,50)/t24-,29+,30+,31-,35-,36-,37-/m0/s1. The Morgan fingerprint density at radius 2 is 1.66 bits per heavy atom. The van der Waals surface area contributed by atoms with Gasteiger partial charge in [0, 0.05) is 24.9 Å². The minimum absolute atomic E-state index is 0.0720. The molecule has 1 fully saturated rings. The smallest absolute Gasteiger partial charge is 0.311 e. The van der Waals surface area contributed by atoms with Crippen molar-refractivity contribution in [1.82, 2.24) is 30.5 Å². The molecule has 7 atom stereocenters. The largest absolute Gasteiger partial charge is 0.460 e. The fourth-order valence-corrected chi connectivity index (χ4v) is 6.44. The molecule has 6 N–H and O–H groups in total. The summed E-state index contributed by atoms with van der Waals surface area (Å²) < 4.78 is 23.0. The average molecular weight is 858 g/mol. The third kappa shape index (κ3) is 13.7. The van der Waals surface area contributed by atoms with Crippen molar-refractivity contribution in [2.45, 2.75) is 116 Å². The molecule has 4 rings (SSSR count). The number of esters is 1. The molecule has 1 saturated heterocycles. The van der Waals surface area contributed by atoms with Crippen LogP contribution in [0.3, 0.4) is 0 Å². The van der Waals surface area contributed by atoms with Crippen molar-refractivity contribution < 1.29 is 63.0 Å². The van der Waals surface area contributed by atoms with Crippen LogP contribution in [0.15, 0.2) is 36.5 Å². The van der Waals surface area contributed by atoms with Gasteiger partial charge in [-0.1, -0.05) is 25.1 Å². The zero-order valence-electron chi connectivity index (χ0n) is 35.7. The molecule has 20 nitrogen and oxygen atoms in total. The van der Waals surface area contributed by atoms with Crippen LogP contribution in [0.2, 0.25) is 0 Å². The van der Waals surface area contributed by atoms with E-state index >= 15 is 0 Å². The van der Waals surface area contributed by atoms with E-state index in [0.29, 0.717) is 36.6 Å². The summed E-state index contributed by atoms with van der Waals surface area (Å²) >= 11 is 0. The van der Waals surface area contributed by atoms with Gasteiger partial charge in [0.25, 0.3) is 11.8 Å². The molecule has 61 heavy (non-hydrogen) atoms. The topological polar surface area (TPSA) is 270 Å². The van der Waals surface area contributed by atoms with E-state index in [1.165, 1.54) is 17.8 Å². The number of aliphatic hydroxyl groups excluding tert-OH is 3. The molecule has 0 bridgehead atoms. The van der Waals surface area contributed by atoms with Gasteiger partial charge in [-0.25, -0.2) is 4.68 Å². The molecule has 0 radical (unpaired) electrons. The van der Waals surface area contributed by atoms with Crippen LogP contribution >= 0.6 is 0 Å². The van der Waals surface area contributed by atoms with Gasteiger partial charge < -0.3 is 50.2 Å². The van der Waals surface area contributed by atoms with E-state index in [4.69, 9.17) is 18.9 Å². The number of carbonyl (C=O) groups is 6. The number of aromatic nitrogens is 3. The lowest BCUT2D eigenvalue weighted by atomic mass is 9.93. The zero-order valence-corrected chi connectivity index (χ0v) is 35.7. The Morgan fingerprint density at radius 3 is 2.31 bits per heavy atom. The summed E-state index contributed by atoms with van der Waals surface area (Å²) in [6, 6.07) is 1.60. The molecule has 5 amide bonds. The highest BCUT2D eigenvalue weighted by molar-refractivity contribution is 6.13. The minimum atomic E-state index is -1.38. The van der Waals surface area contributed by atoms with Gasteiger partial charge in [0.15, 0.2) is 0 Å². The van der Waals surface area contributed by atoms with E-state index < -0.39 is 95.8 Å². The summed E-state index contributed by atoms with van der Waals surface area (Å²) in [5.41, 5.74) is 1.05. The quantitative estimate of drug-likeness (QED) is 0.0552. The Hall–Kier alpha value is -5.12. The first-order valence-corrected chi connectivity index (χ1v) is 20.2. The number of ether oxygens (including phenoxy) is 4. The fraction of sp³-hybridized carbons (Fsp3) is 0.610. The van der Waals surface area contributed by atoms with Crippen molar-refractivity contribution in [3.05, 3.63) is 53.4 Å². The number of amides is 5. The number of hydrogen-bond donors (Lipinski definition) is 6. The molecule has 3 heterocycles. The number of hydrogen-bond acceptors (Lipinski definition) is 15. The monoisotopic (exact) mass is 857 g/mol. The number of aryl methyl sites for hydroxylation is 1. The van der Waals surface area contributed by atoms with Gasteiger partial charge in [-0.15, -0.1) is 5.10 Å². The van der Waals surface area contributed by atoms with Crippen LogP contribution in [0.1, 0.15) is 77.2 Å². The molecule has 336 valence electrons. The maximum Gasteiger partial charge on any atom is 0.311 e. The van der Waals surface area contributed by atoms with Gasteiger partial charge in [0.1, 0.15) is 42.7 Å². The van der Waals surface area contributed by atoms with Gasteiger partial charge in [0.2, 0.25) is 17.7 Å². The maximum absolute atomic E-state index is 13.6. The predicted octanol–water partition coefficient (Wildman–Crippen LogP) is 0.0849. The van der Waals surface area contributed by atoms with Crippen LogP contribution in [0.25, 0.3) is 0 Å². The van der Waals surface area contributed by atoms with E-state index in [2.05, 4.69) is 26.3 Å². The van der Waals surface area contributed by atoms with Gasteiger partial charge in [-0.05, 0) is 69.7 Å². The van der Waals surface area contributed by atoms with Crippen LogP contribution in [-0.4, -0.2) is 141 Å². The molecule has 2 aliphatic rings. The van der Waals surface area contributed by atoms with Crippen LogP contribution in [0.4, 0.5) is 5.69 Å². The summed E-state index contributed by atoms with van der Waals surface area (Å²) in [5, 5.41) is 46.8. The second kappa shape index (κ2) is 22.1.